The van der Waals surface area contributed by atoms with Gasteiger partial charge in [0.2, 0.25) is 0 Å². The van der Waals surface area contributed by atoms with E-state index in [0.717, 1.165) is 18.4 Å². The highest BCUT2D eigenvalue weighted by Crippen LogP contribution is 2.30. The standard InChI is InChI=1S/C15H23N/c1-10(2)12-5-6-15-13(7-12)8-14(9-16-15)11(3)4/h5-7,10-11,14,16H,8-9H2,1-4H3. The number of hydrogen-bond acceptors (Lipinski definition) is 1. The molecular formula is C15H23N. The predicted molar refractivity (Wildman–Crippen MR) is 71.1 cm³/mol. The van der Waals surface area contributed by atoms with Crippen LogP contribution in [0.1, 0.15) is 44.7 Å². The average Bonchev–Trinajstić information content (AvgIpc) is 2.27. The molecule has 0 radical (unpaired) electrons. The Labute approximate surface area is 99.3 Å². The van der Waals surface area contributed by atoms with Crippen LogP contribution in [-0.4, -0.2) is 6.54 Å². The average molecular weight is 217 g/mol. The van der Waals surface area contributed by atoms with E-state index in [0.29, 0.717) is 5.92 Å². The Bertz CT molecular complexity index is 366. The van der Waals surface area contributed by atoms with Crippen molar-refractivity contribution in [1.29, 1.82) is 0 Å². The van der Waals surface area contributed by atoms with Gasteiger partial charge >= 0.3 is 0 Å². The third kappa shape index (κ3) is 2.23. The van der Waals surface area contributed by atoms with Gasteiger partial charge in [-0.2, -0.15) is 0 Å². The Kier molecular flexibility index (Phi) is 3.22. The number of rotatable bonds is 2. The molecule has 1 heterocycles. The van der Waals surface area contributed by atoms with Crippen molar-refractivity contribution in [2.75, 3.05) is 11.9 Å². The van der Waals surface area contributed by atoms with Crippen molar-refractivity contribution in [1.82, 2.24) is 0 Å². The van der Waals surface area contributed by atoms with E-state index in [-0.39, 0.29) is 0 Å². The lowest BCUT2D eigenvalue weighted by Crippen LogP contribution is -2.27. The molecular weight excluding hydrogens is 194 g/mol. The van der Waals surface area contributed by atoms with Crippen molar-refractivity contribution in [2.45, 2.75) is 40.0 Å². The number of anilines is 1. The van der Waals surface area contributed by atoms with E-state index in [2.05, 4.69) is 51.2 Å². The van der Waals surface area contributed by atoms with E-state index in [1.807, 2.05) is 0 Å². The summed E-state index contributed by atoms with van der Waals surface area (Å²) < 4.78 is 0. The molecule has 1 aliphatic rings. The highest BCUT2D eigenvalue weighted by molar-refractivity contribution is 5.55. The van der Waals surface area contributed by atoms with E-state index in [9.17, 15) is 0 Å². The summed E-state index contributed by atoms with van der Waals surface area (Å²) in [5.74, 6) is 2.18. The summed E-state index contributed by atoms with van der Waals surface area (Å²) in [5, 5.41) is 3.56. The fraction of sp³-hybridized carbons (Fsp3) is 0.600. The van der Waals surface area contributed by atoms with Crippen LogP contribution in [0.15, 0.2) is 18.2 Å². The Balaban J connectivity index is 2.25. The van der Waals surface area contributed by atoms with Crippen LogP contribution >= 0.6 is 0 Å². The highest BCUT2D eigenvalue weighted by atomic mass is 14.9. The largest absolute Gasteiger partial charge is 0.385 e. The van der Waals surface area contributed by atoms with Crippen molar-refractivity contribution < 1.29 is 0 Å². The second-order valence-corrected chi connectivity index (χ2v) is 5.66. The highest BCUT2D eigenvalue weighted by Gasteiger charge is 2.21. The lowest BCUT2D eigenvalue weighted by Gasteiger charge is -2.29. The first-order chi connectivity index (χ1) is 7.58. The van der Waals surface area contributed by atoms with E-state index in [1.165, 1.54) is 23.2 Å². The van der Waals surface area contributed by atoms with Crippen molar-refractivity contribution in [2.24, 2.45) is 11.8 Å². The SMILES string of the molecule is CC(C)c1ccc2c(c1)CC(C(C)C)CN2. The van der Waals surface area contributed by atoms with Gasteiger partial charge in [0, 0.05) is 12.2 Å². The van der Waals surface area contributed by atoms with Gasteiger partial charge in [-0.3, -0.25) is 0 Å². The van der Waals surface area contributed by atoms with Crippen molar-refractivity contribution in [3.63, 3.8) is 0 Å². The van der Waals surface area contributed by atoms with Crippen LogP contribution in [0.2, 0.25) is 0 Å². The van der Waals surface area contributed by atoms with Gasteiger partial charge < -0.3 is 5.32 Å². The molecule has 88 valence electrons. The van der Waals surface area contributed by atoms with E-state index >= 15 is 0 Å². The van der Waals surface area contributed by atoms with Crippen LogP contribution in [0.25, 0.3) is 0 Å². The molecule has 1 N–H and O–H groups in total. The van der Waals surface area contributed by atoms with Gasteiger partial charge in [0.25, 0.3) is 0 Å². The number of hydrogen-bond donors (Lipinski definition) is 1. The fourth-order valence-electron chi connectivity index (χ4n) is 2.38. The smallest absolute Gasteiger partial charge is 0.0373 e. The van der Waals surface area contributed by atoms with Crippen LogP contribution in [0.3, 0.4) is 0 Å². The number of nitrogens with one attached hydrogen (secondary N) is 1. The molecule has 1 nitrogen and oxygen atoms in total. The van der Waals surface area contributed by atoms with E-state index < -0.39 is 0 Å². The second-order valence-electron chi connectivity index (χ2n) is 5.66. The molecule has 0 spiro atoms. The first kappa shape index (κ1) is 11.5. The minimum atomic E-state index is 0.629. The molecule has 0 bridgehead atoms. The van der Waals surface area contributed by atoms with Crippen LogP contribution < -0.4 is 5.32 Å². The molecule has 1 aliphatic heterocycles. The monoisotopic (exact) mass is 217 g/mol. The van der Waals surface area contributed by atoms with Gasteiger partial charge in [-0.05, 0) is 41.4 Å². The Morgan fingerprint density at radius 1 is 1.19 bits per heavy atom. The molecule has 1 unspecified atom stereocenters. The first-order valence-electron chi connectivity index (χ1n) is 6.44. The molecule has 0 aromatic heterocycles. The topological polar surface area (TPSA) is 12.0 Å². The summed E-state index contributed by atoms with van der Waals surface area (Å²) in [6.07, 6.45) is 1.24. The number of fused-ring (bicyclic) bond motifs is 1. The lowest BCUT2D eigenvalue weighted by atomic mass is 9.84. The summed E-state index contributed by atoms with van der Waals surface area (Å²) in [6.45, 7) is 10.3. The molecule has 1 aromatic rings. The van der Waals surface area contributed by atoms with Crippen LogP contribution in [0, 0.1) is 11.8 Å². The third-order valence-electron chi connectivity index (χ3n) is 3.78. The van der Waals surface area contributed by atoms with Gasteiger partial charge in [-0.1, -0.05) is 39.8 Å². The molecule has 1 heteroatoms. The van der Waals surface area contributed by atoms with Gasteiger partial charge in [0.1, 0.15) is 0 Å². The van der Waals surface area contributed by atoms with Crippen LogP contribution in [0.4, 0.5) is 5.69 Å². The molecule has 2 rings (SSSR count). The maximum absolute atomic E-state index is 3.56. The minimum absolute atomic E-state index is 0.629. The lowest BCUT2D eigenvalue weighted by molar-refractivity contribution is 0.393. The summed E-state index contributed by atoms with van der Waals surface area (Å²) in [6, 6.07) is 6.90. The van der Waals surface area contributed by atoms with Gasteiger partial charge in [0.05, 0.1) is 0 Å². The first-order valence-corrected chi connectivity index (χ1v) is 6.44. The van der Waals surface area contributed by atoms with E-state index in [4.69, 9.17) is 0 Å². The van der Waals surface area contributed by atoms with E-state index in [1.54, 1.807) is 0 Å². The summed E-state index contributed by atoms with van der Waals surface area (Å²) >= 11 is 0. The van der Waals surface area contributed by atoms with Gasteiger partial charge in [-0.25, -0.2) is 0 Å². The molecule has 0 saturated carbocycles. The number of benzene rings is 1. The summed E-state index contributed by atoms with van der Waals surface area (Å²) in [7, 11) is 0. The molecule has 1 atom stereocenters. The maximum Gasteiger partial charge on any atom is 0.0373 e. The Hall–Kier alpha value is -0.980. The second kappa shape index (κ2) is 4.48. The molecule has 0 aliphatic carbocycles. The maximum atomic E-state index is 3.56. The molecule has 1 aromatic carbocycles. The summed E-state index contributed by atoms with van der Waals surface area (Å²) in [4.78, 5) is 0. The molecule has 16 heavy (non-hydrogen) atoms. The fourth-order valence-corrected chi connectivity index (χ4v) is 2.38. The predicted octanol–water partition coefficient (Wildman–Crippen LogP) is 4.05. The van der Waals surface area contributed by atoms with Crippen LogP contribution in [0.5, 0.6) is 0 Å². The van der Waals surface area contributed by atoms with Gasteiger partial charge in [0.15, 0.2) is 0 Å². The van der Waals surface area contributed by atoms with Crippen molar-refractivity contribution in [3.8, 4) is 0 Å². The van der Waals surface area contributed by atoms with Crippen molar-refractivity contribution >= 4 is 5.69 Å². The minimum Gasteiger partial charge on any atom is -0.385 e. The Morgan fingerprint density at radius 2 is 1.94 bits per heavy atom. The zero-order valence-corrected chi connectivity index (χ0v) is 10.9. The molecule has 0 amide bonds. The molecule has 0 saturated heterocycles. The zero-order chi connectivity index (χ0) is 11.7. The third-order valence-corrected chi connectivity index (χ3v) is 3.78. The Morgan fingerprint density at radius 3 is 2.56 bits per heavy atom. The van der Waals surface area contributed by atoms with Crippen LogP contribution in [-0.2, 0) is 6.42 Å². The normalized spacial score (nSPS) is 19.8. The quantitative estimate of drug-likeness (QED) is 0.788. The van der Waals surface area contributed by atoms with Crippen molar-refractivity contribution in [3.05, 3.63) is 29.3 Å². The summed E-state index contributed by atoms with van der Waals surface area (Å²) in [5.41, 5.74) is 4.32. The zero-order valence-electron chi connectivity index (χ0n) is 10.9. The van der Waals surface area contributed by atoms with Gasteiger partial charge in [-0.15, -0.1) is 0 Å². The molecule has 0 fully saturated rings.